The first-order valence-electron chi connectivity index (χ1n) is 7.73. The van der Waals surface area contributed by atoms with E-state index in [0.717, 1.165) is 34.9 Å². The molecule has 6 nitrogen and oxygen atoms in total. The number of hydrogen-bond acceptors (Lipinski definition) is 5. The number of anilines is 1. The molecule has 0 unspecified atom stereocenters. The lowest BCUT2D eigenvalue weighted by Gasteiger charge is -2.19. The van der Waals surface area contributed by atoms with E-state index in [1.165, 1.54) is 12.1 Å². The summed E-state index contributed by atoms with van der Waals surface area (Å²) in [6.45, 7) is 3.13. The number of rotatable bonds is 5. The standard InChI is InChI=1S/C18H18N2O4/c1-2-15(13-5-8-16-17(11-13)24-10-9-23-16)20-19-14-6-3-12(4-7-14)18(21)22/h3-8,11,19H,2,9-10H2,1H3,(H,21,22)/b20-15+. The fraction of sp³-hybridized carbons (Fsp3) is 0.222. The molecule has 3 rings (SSSR count). The highest BCUT2D eigenvalue weighted by molar-refractivity contribution is 6.01. The molecule has 0 aliphatic carbocycles. The second-order valence-electron chi connectivity index (χ2n) is 5.26. The van der Waals surface area contributed by atoms with Crippen LogP contribution in [0.2, 0.25) is 0 Å². The van der Waals surface area contributed by atoms with Gasteiger partial charge in [-0.25, -0.2) is 4.79 Å². The quantitative estimate of drug-likeness (QED) is 0.650. The molecule has 2 N–H and O–H groups in total. The summed E-state index contributed by atoms with van der Waals surface area (Å²) in [5, 5.41) is 13.3. The summed E-state index contributed by atoms with van der Waals surface area (Å²) in [4.78, 5) is 10.9. The van der Waals surface area contributed by atoms with Crippen LogP contribution in [0.1, 0.15) is 29.3 Å². The van der Waals surface area contributed by atoms with Gasteiger partial charge < -0.3 is 14.6 Å². The number of aromatic carboxylic acids is 1. The van der Waals surface area contributed by atoms with Gasteiger partial charge in [-0.3, -0.25) is 5.43 Å². The third kappa shape index (κ3) is 3.48. The molecule has 6 heteroatoms. The summed E-state index contributed by atoms with van der Waals surface area (Å²) in [7, 11) is 0. The van der Waals surface area contributed by atoms with Gasteiger partial charge in [-0.1, -0.05) is 6.92 Å². The largest absolute Gasteiger partial charge is 0.486 e. The Kier molecular flexibility index (Phi) is 4.65. The molecule has 0 fully saturated rings. The van der Waals surface area contributed by atoms with Crippen LogP contribution in [0, 0.1) is 0 Å². The minimum atomic E-state index is -0.949. The summed E-state index contributed by atoms with van der Waals surface area (Å²) in [5.74, 6) is 0.527. The van der Waals surface area contributed by atoms with Gasteiger partial charge in [0, 0.05) is 5.56 Å². The van der Waals surface area contributed by atoms with E-state index in [1.807, 2.05) is 25.1 Å². The van der Waals surface area contributed by atoms with Crippen molar-refractivity contribution in [2.24, 2.45) is 5.10 Å². The number of nitrogens with one attached hydrogen (secondary N) is 1. The van der Waals surface area contributed by atoms with E-state index < -0.39 is 5.97 Å². The maximum absolute atomic E-state index is 10.9. The number of ether oxygens (including phenoxy) is 2. The zero-order valence-electron chi connectivity index (χ0n) is 13.3. The van der Waals surface area contributed by atoms with Crippen molar-refractivity contribution < 1.29 is 19.4 Å². The van der Waals surface area contributed by atoms with Crippen LogP contribution in [-0.4, -0.2) is 30.0 Å². The maximum Gasteiger partial charge on any atom is 0.335 e. The van der Waals surface area contributed by atoms with Gasteiger partial charge in [-0.15, -0.1) is 0 Å². The smallest absolute Gasteiger partial charge is 0.335 e. The highest BCUT2D eigenvalue weighted by Gasteiger charge is 2.13. The highest BCUT2D eigenvalue weighted by Crippen LogP contribution is 2.31. The Bertz CT molecular complexity index is 769. The van der Waals surface area contributed by atoms with E-state index in [0.29, 0.717) is 13.2 Å². The Hall–Kier alpha value is -3.02. The normalized spacial score (nSPS) is 13.5. The van der Waals surface area contributed by atoms with E-state index >= 15 is 0 Å². The molecule has 124 valence electrons. The third-order valence-electron chi connectivity index (χ3n) is 3.66. The van der Waals surface area contributed by atoms with Crippen LogP contribution in [0.4, 0.5) is 5.69 Å². The fourth-order valence-corrected chi connectivity index (χ4v) is 2.39. The molecule has 0 saturated carbocycles. The Morgan fingerprint density at radius 3 is 2.42 bits per heavy atom. The summed E-state index contributed by atoms with van der Waals surface area (Å²) >= 11 is 0. The number of hydrogen-bond donors (Lipinski definition) is 2. The Morgan fingerprint density at radius 1 is 1.08 bits per heavy atom. The van der Waals surface area contributed by atoms with E-state index in [9.17, 15) is 4.79 Å². The van der Waals surface area contributed by atoms with E-state index in [1.54, 1.807) is 12.1 Å². The molecule has 0 bridgehead atoms. The van der Waals surface area contributed by atoms with Gasteiger partial charge in [0.2, 0.25) is 0 Å². The third-order valence-corrected chi connectivity index (χ3v) is 3.66. The van der Waals surface area contributed by atoms with Crippen LogP contribution in [0.5, 0.6) is 11.5 Å². The molecule has 1 aliphatic rings. The minimum absolute atomic E-state index is 0.243. The summed E-state index contributed by atoms with van der Waals surface area (Å²) in [6.07, 6.45) is 0.736. The average molecular weight is 326 g/mol. The molecule has 0 atom stereocenters. The molecule has 0 saturated heterocycles. The van der Waals surface area contributed by atoms with Crippen molar-refractivity contribution >= 4 is 17.4 Å². The van der Waals surface area contributed by atoms with Crippen LogP contribution in [0.15, 0.2) is 47.6 Å². The fourth-order valence-electron chi connectivity index (χ4n) is 2.39. The second kappa shape index (κ2) is 7.04. The lowest BCUT2D eigenvalue weighted by molar-refractivity contribution is 0.0697. The van der Waals surface area contributed by atoms with E-state index in [-0.39, 0.29) is 5.56 Å². The van der Waals surface area contributed by atoms with Gasteiger partial charge in [0.15, 0.2) is 11.5 Å². The topological polar surface area (TPSA) is 80.2 Å². The SMILES string of the molecule is CC/C(=N\Nc1ccc(C(=O)O)cc1)c1ccc2c(c1)OCCO2. The number of fused-ring (bicyclic) bond motifs is 1. The molecule has 1 heterocycles. The van der Waals surface area contributed by atoms with Crippen molar-refractivity contribution in [3.8, 4) is 11.5 Å². The summed E-state index contributed by atoms with van der Waals surface area (Å²) < 4.78 is 11.1. The van der Waals surface area contributed by atoms with Gasteiger partial charge in [-0.2, -0.15) is 5.10 Å². The lowest BCUT2D eigenvalue weighted by Crippen LogP contribution is -2.16. The Morgan fingerprint density at radius 2 is 1.75 bits per heavy atom. The number of carboxylic acid groups (broad SMARTS) is 1. The van der Waals surface area contributed by atoms with Gasteiger partial charge in [0.05, 0.1) is 17.0 Å². The van der Waals surface area contributed by atoms with Crippen LogP contribution in [0.25, 0.3) is 0 Å². The minimum Gasteiger partial charge on any atom is -0.486 e. The number of benzene rings is 2. The van der Waals surface area contributed by atoms with Crippen molar-refractivity contribution in [1.29, 1.82) is 0 Å². The van der Waals surface area contributed by atoms with Crippen molar-refractivity contribution in [3.63, 3.8) is 0 Å². The van der Waals surface area contributed by atoms with E-state index in [2.05, 4.69) is 10.5 Å². The Balaban J connectivity index is 1.78. The monoisotopic (exact) mass is 326 g/mol. The molecular weight excluding hydrogens is 308 g/mol. The number of carboxylic acids is 1. The van der Waals surface area contributed by atoms with Gasteiger partial charge in [0.1, 0.15) is 13.2 Å². The van der Waals surface area contributed by atoms with Crippen LogP contribution >= 0.6 is 0 Å². The molecule has 0 spiro atoms. The predicted octanol–water partition coefficient (Wildman–Crippen LogP) is 3.38. The van der Waals surface area contributed by atoms with Crippen molar-refractivity contribution in [1.82, 2.24) is 0 Å². The summed E-state index contributed by atoms with van der Waals surface area (Å²) in [5.41, 5.74) is 5.76. The first kappa shape index (κ1) is 15.9. The van der Waals surface area contributed by atoms with Crippen LogP contribution < -0.4 is 14.9 Å². The van der Waals surface area contributed by atoms with Crippen LogP contribution in [0.3, 0.4) is 0 Å². The zero-order chi connectivity index (χ0) is 16.9. The van der Waals surface area contributed by atoms with Crippen molar-refractivity contribution in [2.45, 2.75) is 13.3 Å². The molecule has 2 aromatic carbocycles. The first-order valence-corrected chi connectivity index (χ1v) is 7.73. The molecule has 2 aromatic rings. The second-order valence-corrected chi connectivity index (χ2v) is 5.26. The first-order chi connectivity index (χ1) is 11.7. The van der Waals surface area contributed by atoms with Gasteiger partial charge in [-0.05, 0) is 48.9 Å². The molecule has 0 aromatic heterocycles. The lowest BCUT2D eigenvalue weighted by atomic mass is 10.1. The molecule has 0 radical (unpaired) electrons. The van der Waals surface area contributed by atoms with Gasteiger partial charge >= 0.3 is 5.97 Å². The van der Waals surface area contributed by atoms with Crippen molar-refractivity contribution in [2.75, 3.05) is 18.6 Å². The summed E-state index contributed by atoms with van der Waals surface area (Å²) in [6, 6.07) is 12.2. The Labute approximate surface area is 139 Å². The van der Waals surface area contributed by atoms with Crippen LogP contribution in [-0.2, 0) is 0 Å². The number of carbonyl (C=O) groups is 1. The number of nitrogens with zero attached hydrogens (tertiary/aromatic N) is 1. The van der Waals surface area contributed by atoms with Crippen molar-refractivity contribution in [3.05, 3.63) is 53.6 Å². The highest BCUT2D eigenvalue weighted by atomic mass is 16.6. The maximum atomic E-state index is 10.9. The molecule has 24 heavy (non-hydrogen) atoms. The van der Waals surface area contributed by atoms with Gasteiger partial charge in [0.25, 0.3) is 0 Å². The average Bonchev–Trinajstić information content (AvgIpc) is 2.62. The molecule has 0 amide bonds. The molecular formula is C18H18N2O4. The van der Waals surface area contributed by atoms with E-state index in [4.69, 9.17) is 14.6 Å². The number of hydrazone groups is 1. The zero-order valence-corrected chi connectivity index (χ0v) is 13.3. The predicted molar refractivity (Wildman–Crippen MR) is 91.3 cm³/mol. The molecule has 1 aliphatic heterocycles.